The molecule has 1 rings (SSSR count). The van der Waals surface area contributed by atoms with Crippen LogP contribution in [0.3, 0.4) is 0 Å². The topological polar surface area (TPSA) is 39.2 Å². The van der Waals surface area contributed by atoms with E-state index in [1.165, 1.54) is 6.20 Å². The van der Waals surface area contributed by atoms with E-state index in [0.29, 0.717) is 5.56 Å². The molecule has 0 saturated carbocycles. The predicted octanol–water partition coefficient (Wildman–Crippen LogP) is 1.71. The minimum absolute atomic E-state index is 0.231. The number of pyridine rings is 1. The van der Waals surface area contributed by atoms with Gasteiger partial charge in [0, 0.05) is 12.3 Å². The summed E-state index contributed by atoms with van der Waals surface area (Å²) in [5, 5.41) is 0. The number of carbonyl (C=O) groups is 1. The van der Waals surface area contributed by atoms with Gasteiger partial charge in [-0.15, -0.1) is 0 Å². The molecule has 0 N–H and O–H groups in total. The molecule has 0 spiro atoms. The van der Waals surface area contributed by atoms with Crippen LogP contribution in [0, 0.1) is 12.9 Å². The summed E-state index contributed by atoms with van der Waals surface area (Å²) in [4.78, 5) is 14.6. The zero-order chi connectivity index (χ0) is 9.84. The third-order valence-electron chi connectivity index (χ3n) is 1.57. The molecule has 0 amide bonds. The van der Waals surface area contributed by atoms with Gasteiger partial charge in [-0.1, -0.05) is 0 Å². The molecule has 0 bridgehead atoms. The van der Waals surface area contributed by atoms with Crippen LogP contribution in [0.1, 0.15) is 22.8 Å². The number of carbonyl (C=O) groups excluding carboxylic acids is 1. The van der Waals surface area contributed by atoms with Gasteiger partial charge >= 0.3 is 5.97 Å². The van der Waals surface area contributed by atoms with E-state index in [1.54, 1.807) is 13.8 Å². The van der Waals surface area contributed by atoms with Crippen LogP contribution < -0.4 is 0 Å². The molecule has 1 heterocycles. The van der Waals surface area contributed by atoms with Gasteiger partial charge in [0.15, 0.2) is 0 Å². The van der Waals surface area contributed by atoms with Crippen LogP contribution in [0.25, 0.3) is 0 Å². The molecule has 13 heavy (non-hydrogen) atoms. The number of esters is 1. The first kappa shape index (κ1) is 9.64. The largest absolute Gasteiger partial charge is 0.462 e. The van der Waals surface area contributed by atoms with E-state index in [2.05, 4.69) is 4.98 Å². The third-order valence-corrected chi connectivity index (χ3v) is 1.57. The molecule has 0 saturated heterocycles. The second kappa shape index (κ2) is 3.98. The van der Waals surface area contributed by atoms with Crippen molar-refractivity contribution in [3.05, 3.63) is 29.3 Å². The maximum Gasteiger partial charge on any atom is 0.338 e. The molecule has 1 aromatic rings. The zero-order valence-corrected chi connectivity index (χ0v) is 7.50. The van der Waals surface area contributed by atoms with Gasteiger partial charge in [-0.25, -0.2) is 9.78 Å². The Bertz CT molecular complexity index is 325. The van der Waals surface area contributed by atoms with Gasteiger partial charge in [0.2, 0.25) is 5.95 Å². The zero-order valence-electron chi connectivity index (χ0n) is 7.50. The first-order valence-electron chi connectivity index (χ1n) is 3.94. The molecule has 0 unspecified atom stereocenters. The van der Waals surface area contributed by atoms with Crippen molar-refractivity contribution in [1.82, 2.24) is 4.98 Å². The highest BCUT2D eigenvalue weighted by atomic mass is 19.1. The average Bonchev–Trinajstić information content (AvgIpc) is 2.09. The monoisotopic (exact) mass is 183 g/mol. The summed E-state index contributed by atoms with van der Waals surface area (Å²) in [5.74, 6) is -1.19. The Kier molecular flexibility index (Phi) is 2.95. The van der Waals surface area contributed by atoms with Gasteiger partial charge in [0.05, 0.1) is 12.2 Å². The van der Waals surface area contributed by atoms with Gasteiger partial charge in [-0.05, 0) is 19.4 Å². The average molecular weight is 183 g/mol. The molecule has 0 fully saturated rings. The lowest BCUT2D eigenvalue weighted by Crippen LogP contribution is -2.07. The molecule has 0 aliphatic carbocycles. The van der Waals surface area contributed by atoms with E-state index in [9.17, 15) is 9.18 Å². The Morgan fingerprint density at radius 2 is 2.38 bits per heavy atom. The molecular formula is C9H10FNO2. The number of nitrogens with zero attached hydrogens (tertiary/aromatic N) is 1. The van der Waals surface area contributed by atoms with Crippen molar-refractivity contribution in [3.63, 3.8) is 0 Å². The summed E-state index contributed by atoms with van der Waals surface area (Å²) in [6.45, 7) is 3.66. The van der Waals surface area contributed by atoms with Gasteiger partial charge in [-0.3, -0.25) is 0 Å². The van der Waals surface area contributed by atoms with E-state index in [0.717, 1.165) is 6.07 Å². The Balaban J connectivity index is 2.99. The van der Waals surface area contributed by atoms with Crippen LogP contribution in [-0.4, -0.2) is 17.6 Å². The summed E-state index contributed by atoms with van der Waals surface area (Å²) in [7, 11) is 0. The maximum atomic E-state index is 12.6. The molecule has 0 atom stereocenters. The molecule has 0 radical (unpaired) electrons. The smallest absolute Gasteiger partial charge is 0.338 e. The molecule has 0 aliphatic heterocycles. The van der Waals surface area contributed by atoms with E-state index < -0.39 is 11.9 Å². The van der Waals surface area contributed by atoms with Crippen molar-refractivity contribution in [2.24, 2.45) is 0 Å². The van der Waals surface area contributed by atoms with E-state index in [4.69, 9.17) is 4.74 Å². The van der Waals surface area contributed by atoms with E-state index in [-0.39, 0.29) is 12.2 Å². The van der Waals surface area contributed by atoms with Crippen LogP contribution >= 0.6 is 0 Å². The molecule has 0 aliphatic rings. The highest BCUT2D eigenvalue weighted by Gasteiger charge is 2.10. The molecular weight excluding hydrogens is 173 g/mol. The summed E-state index contributed by atoms with van der Waals surface area (Å²) in [6.07, 6.45) is 1.31. The second-order valence-electron chi connectivity index (χ2n) is 2.54. The molecule has 4 heteroatoms. The summed E-state index contributed by atoms with van der Waals surface area (Å²) >= 11 is 0. The Morgan fingerprint density at radius 3 is 3.00 bits per heavy atom. The van der Waals surface area contributed by atoms with Crippen molar-refractivity contribution in [2.75, 3.05) is 6.61 Å². The summed E-state index contributed by atoms with van der Waals surface area (Å²) in [6, 6.07) is 1.08. The van der Waals surface area contributed by atoms with Crippen molar-refractivity contribution < 1.29 is 13.9 Å². The number of ether oxygens (including phenoxy) is 1. The van der Waals surface area contributed by atoms with Gasteiger partial charge < -0.3 is 4.74 Å². The van der Waals surface area contributed by atoms with Crippen LogP contribution in [0.2, 0.25) is 0 Å². The maximum absolute atomic E-state index is 12.6. The number of hydrogen-bond donors (Lipinski definition) is 0. The number of aromatic nitrogens is 1. The fraction of sp³-hybridized carbons (Fsp3) is 0.333. The minimum Gasteiger partial charge on any atom is -0.462 e. The van der Waals surface area contributed by atoms with Crippen LogP contribution in [0.4, 0.5) is 4.39 Å². The Hall–Kier alpha value is -1.45. The van der Waals surface area contributed by atoms with E-state index >= 15 is 0 Å². The lowest BCUT2D eigenvalue weighted by Gasteiger charge is -2.03. The van der Waals surface area contributed by atoms with Gasteiger partial charge in [-0.2, -0.15) is 4.39 Å². The van der Waals surface area contributed by atoms with Crippen molar-refractivity contribution >= 4 is 5.97 Å². The Morgan fingerprint density at radius 1 is 1.69 bits per heavy atom. The number of hydrogen-bond acceptors (Lipinski definition) is 3. The predicted molar refractivity (Wildman–Crippen MR) is 44.9 cm³/mol. The first-order valence-corrected chi connectivity index (χ1v) is 3.94. The molecule has 1 aromatic heterocycles. The first-order chi connectivity index (χ1) is 6.15. The lowest BCUT2D eigenvalue weighted by molar-refractivity contribution is 0.0524. The van der Waals surface area contributed by atoms with E-state index in [1.807, 2.05) is 0 Å². The fourth-order valence-electron chi connectivity index (χ4n) is 0.927. The molecule has 70 valence electrons. The standard InChI is InChI=1S/C9H10FNO2/c1-3-13-9(12)7-4-8(10)11-5-6(7)2/h4-5H,3H2,1-2H3. The third kappa shape index (κ3) is 2.24. The van der Waals surface area contributed by atoms with Gasteiger partial charge in [0.1, 0.15) is 0 Å². The normalized spacial score (nSPS) is 9.77. The quantitative estimate of drug-likeness (QED) is 0.517. The highest BCUT2D eigenvalue weighted by Crippen LogP contribution is 2.08. The van der Waals surface area contributed by atoms with Crippen LogP contribution in [0.15, 0.2) is 12.3 Å². The molecule has 3 nitrogen and oxygen atoms in total. The fourth-order valence-corrected chi connectivity index (χ4v) is 0.927. The minimum atomic E-state index is -0.673. The van der Waals surface area contributed by atoms with Gasteiger partial charge in [0.25, 0.3) is 0 Å². The second-order valence-corrected chi connectivity index (χ2v) is 2.54. The number of aryl methyl sites for hydroxylation is 1. The van der Waals surface area contributed by atoms with Crippen molar-refractivity contribution in [3.8, 4) is 0 Å². The van der Waals surface area contributed by atoms with Crippen molar-refractivity contribution in [1.29, 1.82) is 0 Å². The lowest BCUT2D eigenvalue weighted by atomic mass is 10.1. The van der Waals surface area contributed by atoms with Crippen LogP contribution in [0.5, 0.6) is 0 Å². The Labute approximate surface area is 75.6 Å². The summed E-state index contributed by atoms with van der Waals surface area (Å²) < 4.78 is 17.4. The van der Waals surface area contributed by atoms with Crippen LogP contribution in [-0.2, 0) is 4.74 Å². The number of halogens is 1. The SMILES string of the molecule is CCOC(=O)c1cc(F)ncc1C. The summed E-state index contributed by atoms with van der Waals surface area (Å²) in [5.41, 5.74) is 0.842. The highest BCUT2D eigenvalue weighted by molar-refractivity contribution is 5.90. The van der Waals surface area contributed by atoms with Crippen molar-refractivity contribution in [2.45, 2.75) is 13.8 Å². The number of rotatable bonds is 2. The molecule has 0 aromatic carbocycles.